The molecule has 1 fully saturated rings. The van der Waals surface area contributed by atoms with Gasteiger partial charge in [0, 0.05) is 31.9 Å². The Morgan fingerprint density at radius 2 is 2.09 bits per heavy atom. The molecule has 0 radical (unpaired) electrons. The molecule has 0 aromatic carbocycles. The average Bonchev–Trinajstić information content (AvgIpc) is 2.63. The number of alkyl halides is 3. The first kappa shape index (κ1) is 16.0. The number of carbonyl (C=O) groups is 1. The van der Waals surface area contributed by atoms with E-state index in [9.17, 15) is 18.0 Å². The first-order valence-electron chi connectivity index (χ1n) is 7.52. The van der Waals surface area contributed by atoms with Crippen molar-refractivity contribution in [3.05, 3.63) is 23.4 Å². The standard InChI is InChI=1S/C15H18F3N3O2/c1-9(2)20-3-4-21-11(7-20)8-23-14(22)12-5-10(15(16,17)18)6-19-13(12)21/h5-6,9,11H,3-4,7-8H2,1-2H3/t11-/m1/s1. The summed E-state index contributed by atoms with van der Waals surface area (Å²) in [6.45, 7) is 6.38. The van der Waals surface area contributed by atoms with E-state index in [1.165, 1.54) is 0 Å². The number of aromatic nitrogens is 1. The van der Waals surface area contributed by atoms with Crippen LogP contribution in [0.5, 0.6) is 0 Å². The molecule has 1 atom stereocenters. The SMILES string of the molecule is CC(C)N1CCN2c3ncc(C(F)(F)F)cc3C(=O)OC[C@H]2C1. The molecule has 5 nitrogen and oxygen atoms in total. The van der Waals surface area contributed by atoms with Crippen LogP contribution in [0.1, 0.15) is 29.8 Å². The molecular weight excluding hydrogens is 311 g/mol. The lowest BCUT2D eigenvalue weighted by molar-refractivity contribution is -0.137. The number of rotatable bonds is 1. The van der Waals surface area contributed by atoms with Gasteiger partial charge in [0.2, 0.25) is 0 Å². The zero-order chi connectivity index (χ0) is 16.8. The molecule has 126 valence electrons. The maximum Gasteiger partial charge on any atom is 0.417 e. The third kappa shape index (κ3) is 2.99. The van der Waals surface area contributed by atoms with Crippen molar-refractivity contribution < 1.29 is 22.7 Å². The zero-order valence-corrected chi connectivity index (χ0v) is 12.9. The van der Waals surface area contributed by atoms with E-state index in [2.05, 4.69) is 23.7 Å². The van der Waals surface area contributed by atoms with Crippen molar-refractivity contribution in [3.8, 4) is 0 Å². The van der Waals surface area contributed by atoms with Crippen molar-refractivity contribution in [2.75, 3.05) is 31.1 Å². The van der Waals surface area contributed by atoms with Gasteiger partial charge in [0.05, 0.1) is 11.6 Å². The van der Waals surface area contributed by atoms with Gasteiger partial charge in [0.1, 0.15) is 18.0 Å². The number of hydrogen-bond acceptors (Lipinski definition) is 5. The number of nitrogens with zero attached hydrogens (tertiary/aromatic N) is 3. The zero-order valence-electron chi connectivity index (χ0n) is 12.9. The fourth-order valence-corrected chi connectivity index (χ4v) is 3.01. The van der Waals surface area contributed by atoms with E-state index in [0.717, 1.165) is 18.8 Å². The van der Waals surface area contributed by atoms with E-state index in [0.29, 0.717) is 19.1 Å². The molecule has 23 heavy (non-hydrogen) atoms. The fourth-order valence-electron chi connectivity index (χ4n) is 3.01. The Hall–Kier alpha value is -1.83. The van der Waals surface area contributed by atoms with Gasteiger partial charge >= 0.3 is 12.1 Å². The van der Waals surface area contributed by atoms with Crippen molar-refractivity contribution in [1.82, 2.24) is 9.88 Å². The summed E-state index contributed by atoms with van der Waals surface area (Å²) in [5.74, 6) is -0.460. The van der Waals surface area contributed by atoms with Crippen LogP contribution in [-0.4, -0.2) is 54.2 Å². The van der Waals surface area contributed by atoms with Crippen LogP contribution in [0.2, 0.25) is 0 Å². The van der Waals surface area contributed by atoms with Gasteiger partial charge in [-0.25, -0.2) is 9.78 Å². The number of pyridine rings is 1. The van der Waals surface area contributed by atoms with E-state index in [1.54, 1.807) is 0 Å². The van der Waals surface area contributed by atoms with Crippen molar-refractivity contribution in [2.24, 2.45) is 0 Å². The molecule has 3 heterocycles. The summed E-state index contributed by atoms with van der Waals surface area (Å²) in [7, 11) is 0. The first-order chi connectivity index (χ1) is 10.8. The molecule has 2 aliphatic rings. The van der Waals surface area contributed by atoms with E-state index < -0.39 is 17.7 Å². The van der Waals surface area contributed by atoms with Crippen LogP contribution >= 0.6 is 0 Å². The Morgan fingerprint density at radius 3 is 2.74 bits per heavy atom. The van der Waals surface area contributed by atoms with Crippen molar-refractivity contribution in [1.29, 1.82) is 0 Å². The van der Waals surface area contributed by atoms with Crippen LogP contribution < -0.4 is 4.90 Å². The second-order valence-electron chi connectivity index (χ2n) is 6.13. The summed E-state index contributed by atoms with van der Waals surface area (Å²) in [5, 5.41) is 0. The number of halogens is 3. The number of esters is 1. The first-order valence-corrected chi connectivity index (χ1v) is 7.52. The molecule has 0 N–H and O–H groups in total. The number of anilines is 1. The molecule has 8 heteroatoms. The highest BCUT2D eigenvalue weighted by atomic mass is 19.4. The molecule has 1 aromatic heterocycles. The van der Waals surface area contributed by atoms with Crippen LogP contribution in [0, 0.1) is 0 Å². The Kier molecular flexibility index (Phi) is 3.95. The van der Waals surface area contributed by atoms with Gasteiger partial charge < -0.3 is 9.64 Å². The minimum atomic E-state index is -4.54. The van der Waals surface area contributed by atoms with Crippen LogP contribution in [0.25, 0.3) is 0 Å². The number of hydrogen-bond donors (Lipinski definition) is 0. The third-order valence-electron chi connectivity index (χ3n) is 4.34. The minimum Gasteiger partial charge on any atom is -0.460 e. The van der Waals surface area contributed by atoms with Crippen molar-refractivity contribution in [2.45, 2.75) is 32.1 Å². The summed E-state index contributed by atoms with van der Waals surface area (Å²) in [4.78, 5) is 20.2. The Bertz CT molecular complexity index is 618. The number of cyclic esters (lactones) is 1. The third-order valence-corrected chi connectivity index (χ3v) is 4.34. The van der Waals surface area contributed by atoms with E-state index in [-0.39, 0.29) is 24.0 Å². The lowest BCUT2D eigenvalue weighted by Crippen LogP contribution is -2.56. The molecule has 0 spiro atoms. The van der Waals surface area contributed by atoms with Crippen LogP contribution in [0.3, 0.4) is 0 Å². The molecule has 1 aromatic rings. The molecule has 0 bridgehead atoms. The number of carbonyl (C=O) groups excluding carboxylic acids is 1. The number of fused-ring (bicyclic) bond motifs is 3. The molecule has 0 saturated carbocycles. The highest BCUT2D eigenvalue weighted by Crippen LogP contribution is 2.34. The molecule has 3 rings (SSSR count). The molecular formula is C15H18F3N3O2. The van der Waals surface area contributed by atoms with Gasteiger partial charge in [-0.1, -0.05) is 0 Å². The van der Waals surface area contributed by atoms with Gasteiger partial charge in [-0.3, -0.25) is 4.90 Å². The maximum atomic E-state index is 12.8. The largest absolute Gasteiger partial charge is 0.460 e. The summed E-state index contributed by atoms with van der Waals surface area (Å²) in [6, 6.07) is 1.10. The highest BCUT2D eigenvalue weighted by Gasteiger charge is 2.38. The highest BCUT2D eigenvalue weighted by molar-refractivity contribution is 5.95. The van der Waals surface area contributed by atoms with Gasteiger partial charge in [-0.05, 0) is 19.9 Å². The van der Waals surface area contributed by atoms with E-state index >= 15 is 0 Å². The quantitative estimate of drug-likeness (QED) is 0.739. The maximum absolute atomic E-state index is 12.8. The smallest absolute Gasteiger partial charge is 0.417 e. The molecule has 0 unspecified atom stereocenters. The lowest BCUT2D eigenvalue weighted by atomic mass is 10.1. The molecule has 0 aliphatic carbocycles. The van der Waals surface area contributed by atoms with Gasteiger partial charge in [-0.15, -0.1) is 0 Å². The number of piperazine rings is 1. The molecule has 0 amide bonds. The van der Waals surface area contributed by atoms with E-state index in [4.69, 9.17) is 4.74 Å². The monoisotopic (exact) mass is 329 g/mol. The topological polar surface area (TPSA) is 45.7 Å². The summed E-state index contributed by atoms with van der Waals surface area (Å²) < 4.78 is 43.7. The van der Waals surface area contributed by atoms with Gasteiger partial charge in [0.15, 0.2) is 0 Å². The van der Waals surface area contributed by atoms with Crippen molar-refractivity contribution >= 4 is 11.8 Å². The van der Waals surface area contributed by atoms with Crippen LogP contribution in [-0.2, 0) is 10.9 Å². The predicted molar refractivity (Wildman–Crippen MR) is 77.4 cm³/mol. The predicted octanol–water partition coefficient (Wildman–Crippen LogP) is 2.17. The Labute approximate surface area is 132 Å². The molecule has 1 saturated heterocycles. The van der Waals surface area contributed by atoms with Crippen molar-refractivity contribution in [3.63, 3.8) is 0 Å². The second-order valence-corrected chi connectivity index (χ2v) is 6.13. The Morgan fingerprint density at radius 1 is 1.35 bits per heavy atom. The fraction of sp³-hybridized carbons (Fsp3) is 0.600. The van der Waals surface area contributed by atoms with Crippen LogP contribution in [0.4, 0.5) is 19.0 Å². The van der Waals surface area contributed by atoms with Gasteiger partial charge in [-0.2, -0.15) is 13.2 Å². The average molecular weight is 329 g/mol. The minimum absolute atomic E-state index is 0.0967. The summed E-state index contributed by atoms with van der Waals surface area (Å²) in [5.41, 5.74) is -1.05. The number of ether oxygens (including phenoxy) is 1. The summed E-state index contributed by atoms with van der Waals surface area (Å²) >= 11 is 0. The lowest BCUT2D eigenvalue weighted by Gasteiger charge is -2.42. The van der Waals surface area contributed by atoms with E-state index in [1.807, 2.05) is 4.90 Å². The molecule has 2 aliphatic heterocycles. The second kappa shape index (κ2) is 5.67. The summed E-state index contributed by atoms with van der Waals surface area (Å²) in [6.07, 6.45) is -3.76. The van der Waals surface area contributed by atoms with Gasteiger partial charge in [0.25, 0.3) is 0 Å². The Balaban J connectivity index is 1.96. The van der Waals surface area contributed by atoms with Crippen LogP contribution in [0.15, 0.2) is 12.3 Å². The normalized spacial score (nSPS) is 22.4.